The summed E-state index contributed by atoms with van der Waals surface area (Å²) in [5.41, 5.74) is 7.81. The normalized spacial score (nSPS) is 11.8. The molecule has 0 heterocycles. The molecule has 0 radical (unpaired) electrons. The summed E-state index contributed by atoms with van der Waals surface area (Å²) in [6, 6.07) is 38.0. The van der Waals surface area contributed by atoms with E-state index in [1.165, 1.54) is 16.7 Å². The first-order valence-electron chi connectivity index (χ1n) is 11.7. The van der Waals surface area contributed by atoms with E-state index >= 15 is 0 Å². The lowest BCUT2D eigenvalue weighted by atomic mass is 9.86. The Hall–Kier alpha value is -3.91. The van der Waals surface area contributed by atoms with Crippen LogP contribution in [0.2, 0.25) is 0 Å². The predicted octanol–water partition coefficient (Wildman–Crippen LogP) is 8.21. The molecule has 0 aromatic heterocycles. The molecule has 34 heavy (non-hydrogen) atoms. The van der Waals surface area contributed by atoms with Gasteiger partial charge in [-0.3, -0.25) is 9.89 Å². The molecular formula is C32H32N2. The second-order valence-corrected chi connectivity index (χ2v) is 9.44. The van der Waals surface area contributed by atoms with Crippen molar-refractivity contribution in [2.24, 2.45) is 4.99 Å². The summed E-state index contributed by atoms with van der Waals surface area (Å²) in [6.45, 7) is 11.2. The Labute approximate surface area is 203 Å². The highest BCUT2D eigenvalue weighted by Gasteiger charge is 2.21. The Balaban J connectivity index is 1.72. The van der Waals surface area contributed by atoms with Gasteiger partial charge in [0.15, 0.2) is 0 Å². The lowest BCUT2D eigenvalue weighted by molar-refractivity contribution is 0.590. The van der Waals surface area contributed by atoms with E-state index in [0.29, 0.717) is 0 Å². The molecule has 170 valence electrons. The summed E-state index contributed by atoms with van der Waals surface area (Å²) in [4.78, 5) is 6.86. The molecule has 4 aromatic rings. The van der Waals surface area contributed by atoms with Crippen LogP contribution in [-0.2, 0) is 5.41 Å². The average Bonchev–Trinajstić information content (AvgIpc) is 2.87. The fourth-order valence-electron chi connectivity index (χ4n) is 4.08. The molecule has 0 spiro atoms. The number of hydrogen-bond acceptors (Lipinski definition) is 1. The molecule has 0 N–H and O–H groups in total. The first-order chi connectivity index (χ1) is 16.4. The highest BCUT2D eigenvalue weighted by atomic mass is 15.2. The highest BCUT2D eigenvalue weighted by molar-refractivity contribution is 6.17. The molecule has 0 saturated heterocycles. The molecule has 0 saturated carbocycles. The van der Waals surface area contributed by atoms with Gasteiger partial charge in [-0.05, 0) is 39.8 Å². The van der Waals surface area contributed by atoms with Crippen molar-refractivity contribution in [1.82, 2.24) is 0 Å². The Morgan fingerprint density at radius 1 is 0.647 bits per heavy atom. The number of rotatable bonds is 5. The third kappa shape index (κ3) is 5.02. The standard InChI is InChI=1S/C32H32N2/c1-24(25-16-18-27(19-17-25)26-12-8-6-9-13-26)34(30-14-10-7-11-15-30)31(33-5)28-20-22-29(23-21-28)32(2,3)4/h6-23H,1H2,2-5H3/b33-31-. The number of aliphatic imine (C=N–C) groups is 1. The van der Waals surface area contributed by atoms with E-state index in [0.717, 1.165) is 28.3 Å². The number of hydrogen-bond donors (Lipinski definition) is 0. The van der Waals surface area contributed by atoms with Crippen LogP contribution in [0.1, 0.15) is 37.5 Å². The third-order valence-corrected chi connectivity index (χ3v) is 6.04. The minimum atomic E-state index is 0.102. The van der Waals surface area contributed by atoms with Crippen molar-refractivity contribution >= 4 is 17.2 Å². The van der Waals surface area contributed by atoms with E-state index in [9.17, 15) is 0 Å². The molecule has 0 amide bonds. The summed E-state index contributed by atoms with van der Waals surface area (Å²) in [5.74, 6) is 0.865. The topological polar surface area (TPSA) is 15.6 Å². The number of anilines is 1. The SMILES string of the molecule is C=C(c1ccc(-c2ccccc2)cc1)N(/C(=N\C)c1ccc(C(C)(C)C)cc1)c1ccccc1. The van der Waals surface area contributed by atoms with Crippen LogP contribution in [0.25, 0.3) is 16.8 Å². The van der Waals surface area contributed by atoms with E-state index < -0.39 is 0 Å². The van der Waals surface area contributed by atoms with Crippen LogP contribution < -0.4 is 4.90 Å². The van der Waals surface area contributed by atoms with E-state index in [1.807, 2.05) is 31.3 Å². The lowest BCUT2D eigenvalue weighted by Crippen LogP contribution is -2.30. The molecule has 4 aromatic carbocycles. The Morgan fingerprint density at radius 2 is 1.15 bits per heavy atom. The first kappa shape index (κ1) is 23.3. The van der Waals surface area contributed by atoms with Gasteiger partial charge in [0.2, 0.25) is 0 Å². The summed E-state index contributed by atoms with van der Waals surface area (Å²) in [7, 11) is 1.84. The second kappa shape index (κ2) is 9.93. The summed E-state index contributed by atoms with van der Waals surface area (Å²) >= 11 is 0. The van der Waals surface area contributed by atoms with Gasteiger partial charge < -0.3 is 0 Å². The van der Waals surface area contributed by atoms with Crippen LogP contribution in [0.3, 0.4) is 0 Å². The fraction of sp³-hybridized carbons (Fsp3) is 0.156. The first-order valence-corrected chi connectivity index (χ1v) is 11.7. The zero-order chi connectivity index (χ0) is 24.1. The lowest BCUT2D eigenvalue weighted by Gasteiger charge is -2.29. The number of benzene rings is 4. The van der Waals surface area contributed by atoms with Crippen LogP contribution in [-0.4, -0.2) is 12.9 Å². The molecule has 2 heteroatoms. The van der Waals surface area contributed by atoms with Gasteiger partial charge in [-0.15, -0.1) is 0 Å². The number of para-hydroxylation sites is 1. The van der Waals surface area contributed by atoms with E-state index in [4.69, 9.17) is 4.99 Å². The zero-order valence-corrected chi connectivity index (χ0v) is 20.5. The maximum Gasteiger partial charge on any atom is 0.139 e. The van der Waals surface area contributed by atoms with Crippen molar-refractivity contribution < 1.29 is 0 Å². The minimum absolute atomic E-state index is 0.102. The maximum absolute atomic E-state index is 4.72. The van der Waals surface area contributed by atoms with Gasteiger partial charge in [-0.25, -0.2) is 0 Å². The predicted molar refractivity (Wildman–Crippen MR) is 147 cm³/mol. The Morgan fingerprint density at radius 3 is 1.68 bits per heavy atom. The van der Waals surface area contributed by atoms with E-state index in [2.05, 4.69) is 117 Å². The summed E-state index contributed by atoms with van der Waals surface area (Å²) in [6.07, 6.45) is 0. The molecule has 2 nitrogen and oxygen atoms in total. The van der Waals surface area contributed by atoms with Crippen LogP contribution in [0.5, 0.6) is 0 Å². The quantitative estimate of drug-likeness (QED) is 0.224. The summed E-state index contributed by atoms with van der Waals surface area (Å²) < 4.78 is 0. The molecule has 0 bridgehead atoms. The molecule has 0 fully saturated rings. The number of nitrogens with zero attached hydrogens (tertiary/aromatic N) is 2. The molecular weight excluding hydrogens is 412 g/mol. The Kier molecular flexibility index (Phi) is 6.79. The van der Waals surface area contributed by atoms with Crippen LogP contribution in [0, 0.1) is 0 Å². The van der Waals surface area contributed by atoms with Crippen molar-refractivity contribution in [2.45, 2.75) is 26.2 Å². The van der Waals surface area contributed by atoms with Crippen molar-refractivity contribution in [2.75, 3.05) is 11.9 Å². The largest absolute Gasteiger partial charge is 0.295 e. The van der Waals surface area contributed by atoms with Gasteiger partial charge in [0.25, 0.3) is 0 Å². The molecule has 0 atom stereocenters. The molecule has 0 unspecified atom stereocenters. The van der Waals surface area contributed by atoms with Gasteiger partial charge in [-0.2, -0.15) is 0 Å². The van der Waals surface area contributed by atoms with Gasteiger partial charge in [0, 0.05) is 24.0 Å². The zero-order valence-electron chi connectivity index (χ0n) is 20.5. The smallest absolute Gasteiger partial charge is 0.139 e. The third-order valence-electron chi connectivity index (χ3n) is 6.04. The van der Waals surface area contributed by atoms with Gasteiger partial charge in [-0.1, -0.05) is 124 Å². The van der Waals surface area contributed by atoms with Crippen molar-refractivity contribution in [3.63, 3.8) is 0 Å². The average molecular weight is 445 g/mol. The van der Waals surface area contributed by atoms with Crippen molar-refractivity contribution in [1.29, 1.82) is 0 Å². The second-order valence-electron chi connectivity index (χ2n) is 9.44. The van der Waals surface area contributed by atoms with E-state index in [1.54, 1.807) is 0 Å². The van der Waals surface area contributed by atoms with Crippen molar-refractivity contribution in [3.8, 4) is 11.1 Å². The van der Waals surface area contributed by atoms with Crippen LogP contribution in [0.15, 0.2) is 121 Å². The molecule has 0 aliphatic heterocycles. The van der Waals surface area contributed by atoms with Gasteiger partial charge in [0.1, 0.15) is 5.84 Å². The van der Waals surface area contributed by atoms with Crippen molar-refractivity contribution in [3.05, 3.63) is 132 Å². The Bertz CT molecular complexity index is 1260. The monoisotopic (exact) mass is 444 g/mol. The molecule has 4 rings (SSSR count). The summed E-state index contributed by atoms with van der Waals surface area (Å²) in [5, 5.41) is 0. The minimum Gasteiger partial charge on any atom is -0.295 e. The molecule has 0 aliphatic carbocycles. The molecule has 0 aliphatic rings. The number of amidine groups is 1. The maximum atomic E-state index is 4.72. The van der Waals surface area contributed by atoms with Crippen LogP contribution >= 0.6 is 0 Å². The van der Waals surface area contributed by atoms with Crippen LogP contribution in [0.4, 0.5) is 5.69 Å². The fourth-order valence-corrected chi connectivity index (χ4v) is 4.08. The highest BCUT2D eigenvalue weighted by Crippen LogP contribution is 2.30. The van der Waals surface area contributed by atoms with Gasteiger partial charge >= 0.3 is 0 Å². The van der Waals surface area contributed by atoms with E-state index in [-0.39, 0.29) is 5.41 Å². The van der Waals surface area contributed by atoms with Gasteiger partial charge in [0.05, 0.1) is 0 Å².